The third-order valence-electron chi connectivity index (χ3n) is 2.47. The minimum atomic E-state index is -3.47. The first-order valence-corrected chi connectivity index (χ1v) is 7.61. The van der Waals surface area contributed by atoms with Crippen LogP contribution in [0.25, 0.3) is 0 Å². The van der Waals surface area contributed by atoms with Gasteiger partial charge >= 0.3 is 0 Å². The zero-order valence-corrected chi connectivity index (χ0v) is 12.3. The Morgan fingerprint density at radius 1 is 1.41 bits per heavy atom. The number of rotatable bonds is 5. The largest absolute Gasteiger partial charge is 0.326 e. The third-order valence-corrected chi connectivity index (χ3v) is 4.39. The molecule has 1 aromatic carbocycles. The summed E-state index contributed by atoms with van der Waals surface area (Å²) in [6, 6.07) is 6.38. The van der Waals surface area contributed by atoms with Gasteiger partial charge in [-0.2, -0.15) is 0 Å². The van der Waals surface area contributed by atoms with Crippen LogP contribution >= 0.6 is 15.9 Å². The maximum absolute atomic E-state index is 11.9. The van der Waals surface area contributed by atoms with E-state index in [9.17, 15) is 8.42 Å². The minimum Gasteiger partial charge on any atom is -0.326 e. The summed E-state index contributed by atoms with van der Waals surface area (Å²) in [7, 11) is -3.47. The van der Waals surface area contributed by atoms with Crippen molar-refractivity contribution in [2.24, 2.45) is 11.7 Å². The average Bonchev–Trinajstić information content (AvgIpc) is 2.26. The molecule has 0 heterocycles. The first-order chi connectivity index (χ1) is 7.83. The van der Waals surface area contributed by atoms with Crippen LogP contribution in [0.5, 0.6) is 0 Å². The van der Waals surface area contributed by atoms with Gasteiger partial charge < -0.3 is 5.73 Å². The van der Waals surface area contributed by atoms with Gasteiger partial charge in [-0.05, 0) is 24.1 Å². The zero-order chi connectivity index (χ0) is 13.1. The molecule has 0 fully saturated rings. The van der Waals surface area contributed by atoms with Gasteiger partial charge in [-0.1, -0.05) is 35.8 Å². The van der Waals surface area contributed by atoms with Crippen LogP contribution in [0.2, 0.25) is 0 Å². The predicted octanol–water partition coefficient (Wildman–Crippen LogP) is 1.71. The van der Waals surface area contributed by atoms with Gasteiger partial charge in [0.15, 0.2) is 0 Å². The number of nitrogens with two attached hydrogens (primary N) is 1. The summed E-state index contributed by atoms with van der Waals surface area (Å²) in [6.45, 7) is 4.16. The fourth-order valence-electron chi connectivity index (χ4n) is 1.16. The van der Waals surface area contributed by atoms with E-state index in [1.54, 1.807) is 24.3 Å². The molecule has 0 amide bonds. The molecule has 4 nitrogen and oxygen atoms in total. The summed E-state index contributed by atoms with van der Waals surface area (Å²) in [5, 5.41) is 0. The number of nitrogens with one attached hydrogen (secondary N) is 1. The molecule has 96 valence electrons. The lowest BCUT2D eigenvalue weighted by molar-refractivity contribution is 0.481. The normalized spacial score (nSPS) is 13.9. The summed E-state index contributed by atoms with van der Waals surface area (Å²) in [6.07, 6.45) is 0. The van der Waals surface area contributed by atoms with Crippen molar-refractivity contribution in [1.82, 2.24) is 4.72 Å². The summed E-state index contributed by atoms with van der Waals surface area (Å²) in [5.74, 6) is 0.236. The van der Waals surface area contributed by atoms with Gasteiger partial charge in [0.05, 0.1) is 4.90 Å². The van der Waals surface area contributed by atoms with Gasteiger partial charge in [0, 0.05) is 17.1 Å². The molecule has 0 spiro atoms. The maximum Gasteiger partial charge on any atom is 0.240 e. The van der Waals surface area contributed by atoms with Crippen molar-refractivity contribution >= 4 is 26.0 Å². The Kier molecular flexibility index (Phi) is 5.12. The van der Waals surface area contributed by atoms with E-state index in [4.69, 9.17) is 5.73 Å². The van der Waals surface area contributed by atoms with E-state index < -0.39 is 10.0 Å². The number of benzene rings is 1. The lowest BCUT2D eigenvalue weighted by Gasteiger charge is -2.16. The van der Waals surface area contributed by atoms with Crippen molar-refractivity contribution in [2.75, 3.05) is 6.54 Å². The van der Waals surface area contributed by atoms with Crippen LogP contribution in [0, 0.1) is 5.92 Å². The van der Waals surface area contributed by atoms with Crippen LogP contribution in [-0.2, 0) is 10.0 Å². The molecule has 1 atom stereocenters. The van der Waals surface area contributed by atoms with Crippen molar-refractivity contribution in [2.45, 2.75) is 24.8 Å². The van der Waals surface area contributed by atoms with E-state index in [1.165, 1.54) is 0 Å². The Hall–Kier alpha value is -0.430. The SMILES string of the molecule is CC(C)C(N)CNS(=O)(=O)c1cccc(Br)c1. The fraction of sp³-hybridized carbons (Fsp3) is 0.455. The van der Waals surface area contributed by atoms with Crippen molar-refractivity contribution in [3.05, 3.63) is 28.7 Å². The highest BCUT2D eigenvalue weighted by atomic mass is 79.9. The summed E-state index contributed by atoms with van der Waals surface area (Å²) >= 11 is 3.24. The zero-order valence-electron chi connectivity index (χ0n) is 9.85. The molecule has 0 aromatic heterocycles. The topological polar surface area (TPSA) is 72.2 Å². The molecule has 3 N–H and O–H groups in total. The highest BCUT2D eigenvalue weighted by Crippen LogP contribution is 2.15. The predicted molar refractivity (Wildman–Crippen MR) is 72.1 cm³/mol. The summed E-state index contributed by atoms with van der Waals surface area (Å²) in [4.78, 5) is 0.239. The molecule has 1 aromatic rings. The van der Waals surface area contributed by atoms with Gasteiger partial charge in [0.25, 0.3) is 0 Å². The van der Waals surface area contributed by atoms with Crippen LogP contribution in [-0.4, -0.2) is 21.0 Å². The van der Waals surface area contributed by atoms with Gasteiger partial charge in [0.1, 0.15) is 0 Å². The highest BCUT2D eigenvalue weighted by molar-refractivity contribution is 9.10. The van der Waals surface area contributed by atoms with Crippen LogP contribution < -0.4 is 10.5 Å². The molecule has 17 heavy (non-hydrogen) atoms. The Labute approximate surface area is 111 Å². The maximum atomic E-state index is 11.9. The highest BCUT2D eigenvalue weighted by Gasteiger charge is 2.16. The molecule has 6 heteroatoms. The van der Waals surface area contributed by atoms with Gasteiger partial charge in [0.2, 0.25) is 10.0 Å². The molecular formula is C11H17BrN2O2S. The molecule has 1 unspecified atom stereocenters. The van der Waals surface area contributed by atoms with Crippen LogP contribution in [0.3, 0.4) is 0 Å². The smallest absolute Gasteiger partial charge is 0.240 e. The van der Waals surface area contributed by atoms with Crippen LogP contribution in [0.4, 0.5) is 0 Å². The van der Waals surface area contributed by atoms with Crippen LogP contribution in [0.15, 0.2) is 33.6 Å². The number of hydrogen-bond acceptors (Lipinski definition) is 3. The van der Waals surface area contributed by atoms with Crippen LogP contribution in [0.1, 0.15) is 13.8 Å². The molecule has 0 aliphatic heterocycles. The summed E-state index contributed by atoms with van der Waals surface area (Å²) in [5.41, 5.74) is 5.80. The van der Waals surface area contributed by atoms with Gasteiger partial charge in [-0.15, -0.1) is 0 Å². The quantitative estimate of drug-likeness (QED) is 0.867. The molecule has 0 bridgehead atoms. The van der Waals surface area contributed by atoms with E-state index in [-0.39, 0.29) is 23.4 Å². The van der Waals surface area contributed by atoms with Crippen molar-refractivity contribution in [3.63, 3.8) is 0 Å². The van der Waals surface area contributed by atoms with Gasteiger partial charge in [-0.25, -0.2) is 13.1 Å². The fourth-order valence-corrected chi connectivity index (χ4v) is 2.83. The second-order valence-corrected chi connectivity index (χ2v) is 6.90. The lowest BCUT2D eigenvalue weighted by atomic mass is 10.1. The van der Waals surface area contributed by atoms with E-state index in [0.29, 0.717) is 0 Å². The number of halogens is 1. The molecule has 0 saturated heterocycles. The second-order valence-electron chi connectivity index (χ2n) is 4.22. The van der Waals surface area contributed by atoms with Crippen molar-refractivity contribution < 1.29 is 8.42 Å². The molecule has 1 rings (SSSR count). The Morgan fingerprint density at radius 3 is 2.59 bits per heavy atom. The minimum absolute atomic E-state index is 0.183. The number of hydrogen-bond donors (Lipinski definition) is 2. The van der Waals surface area contributed by atoms with Gasteiger partial charge in [-0.3, -0.25) is 0 Å². The standard InChI is InChI=1S/C11H17BrN2O2S/c1-8(2)11(13)7-14-17(15,16)10-5-3-4-9(12)6-10/h3-6,8,11,14H,7,13H2,1-2H3. The monoisotopic (exact) mass is 320 g/mol. The van der Waals surface area contributed by atoms with E-state index in [1.807, 2.05) is 13.8 Å². The van der Waals surface area contributed by atoms with Crippen molar-refractivity contribution in [3.8, 4) is 0 Å². The molecule has 0 aliphatic rings. The molecule has 0 radical (unpaired) electrons. The van der Waals surface area contributed by atoms with Crippen molar-refractivity contribution in [1.29, 1.82) is 0 Å². The average molecular weight is 321 g/mol. The summed E-state index contributed by atoms with van der Waals surface area (Å²) < 4.78 is 27.1. The van der Waals surface area contributed by atoms with E-state index in [2.05, 4.69) is 20.7 Å². The first-order valence-electron chi connectivity index (χ1n) is 5.34. The molecule has 0 aliphatic carbocycles. The Morgan fingerprint density at radius 2 is 2.06 bits per heavy atom. The first kappa shape index (κ1) is 14.6. The Bertz CT molecular complexity index is 474. The van der Waals surface area contributed by atoms with E-state index >= 15 is 0 Å². The second kappa shape index (κ2) is 5.95. The Balaban J connectivity index is 2.76. The lowest BCUT2D eigenvalue weighted by Crippen LogP contribution is -2.40. The molecular weight excluding hydrogens is 304 g/mol. The number of sulfonamides is 1. The van der Waals surface area contributed by atoms with E-state index in [0.717, 1.165) is 4.47 Å². The third kappa shape index (κ3) is 4.39. The molecule has 0 saturated carbocycles.